The number of carbonyl (C=O) groups excluding carboxylic acids is 1. The smallest absolute Gasteiger partial charge is 0.314 e. The molecule has 1 aliphatic carbocycles. The van der Waals surface area contributed by atoms with Gasteiger partial charge in [0.1, 0.15) is 11.8 Å². The Morgan fingerprint density at radius 2 is 1.42 bits per heavy atom. The van der Waals surface area contributed by atoms with Crippen LogP contribution in [-0.2, 0) is 17.6 Å². The summed E-state index contributed by atoms with van der Waals surface area (Å²) in [6, 6.07) is 17.1. The number of nitriles is 1. The van der Waals surface area contributed by atoms with E-state index in [0.717, 1.165) is 50.5 Å². The van der Waals surface area contributed by atoms with Crippen LogP contribution >= 0.6 is 0 Å². The van der Waals surface area contributed by atoms with Crippen LogP contribution in [0.5, 0.6) is 5.75 Å². The maximum absolute atomic E-state index is 12.8. The van der Waals surface area contributed by atoms with E-state index >= 15 is 0 Å². The molecule has 0 amide bonds. The highest BCUT2D eigenvalue weighted by atomic mass is 16.5. The lowest BCUT2D eigenvalue weighted by atomic mass is 9.78. The summed E-state index contributed by atoms with van der Waals surface area (Å²) in [4.78, 5) is 12.8. The molecule has 3 nitrogen and oxygen atoms in total. The van der Waals surface area contributed by atoms with E-state index in [1.165, 1.54) is 62.5 Å². The predicted octanol–water partition coefficient (Wildman–Crippen LogP) is 9.07. The highest BCUT2D eigenvalue weighted by Crippen LogP contribution is 2.37. The van der Waals surface area contributed by atoms with E-state index in [4.69, 9.17) is 4.74 Å². The number of hydrogen-bond donors (Lipinski definition) is 0. The van der Waals surface area contributed by atoms with E-state index in [2.05, 4.69) is 44.2 Å². The van der Waals surface area contributed by atoms with E-state index in [9.17, 15) is 10.1 Å². The zero-order valence-electron chi connectivity index (χ0n) is 22.6. The van der Waals surface area contributed by atoms with Crippen molar-refractivity contribution in [2.45, 2.75) is 116 Å². The fourth-order valence-electron chi connectivity index (χ4n) is 5.39. The summed E-state index contributed by atoms with van der Waals surface area (Å²) in [5, 5.41) is 9.53. The van der Waals surface area contributed by atoms with E-state index < -0.39 is 0 Å². The van der Waals surface area contributed by atoms with E-state index in [1.807, 2.05) is 12.1 Å². The molecule has 2 aromatic rings. The molecule has 0 unspecified atom stereocenters. The van der Waals surface area contributed by atoms with Crippen LogP contribution in [0, 0.1) is 17.2 Å². The largest absolute Gasteiger partial charge is 0.425 e. The van der Waals surface area contributed by atoms with Crippen LogP contribution in [0.4, 0.5) is 0 Å². The third-order valence-electron chi connectivity index (χ3n) is 7.77. The summed E-state index contributed by atoms with van der Waals surface area (Å²) in [7, 11) is 0. The van der Waals surface area contributed by atoms with Crippen molar-refractivity contribution in [1.29, 1.82) is 5.26 Å². The van der Waals surface area contributed by atoms with Crippen molar-refractivity contribution in [2.24, 2.45) is 5.92 Å². The molecule has 0 spiro atoms. The van der Waals surface area contributed by atoms with Gasteiger partial charge in [0.2, 0.25) is 0 Å². The lowest BCUT2D eigenvalue weighted by Crippen LogP contribution is -2.25. The Bertz CT molecular complexity index is 964. The molecule has 0 N–H and O–H groups in total. The van der Waals surface area contributed by atoms with Gasteiger partial charge in [0, 0.05) is 0 Å². The fraction of sp³-hybridized carbons (Fsp3) is 0.576. The van der Waals surface area contributed by atoms with Crippen LogP contribution in [-0.4, -0.2) is 5.97 Å². The van der Waals surface area contributed by atoms with Crippen LogP contribution < -0.4 is 4.74 Å². The molecule has 0 radical (unpaired) electrons. The van der Waals surface area contributed by atoms with Gasteiger partial charge in [0.15, 0.2) is 0 Å². The van der Waals surface area contributed by atoms with Crippen molar-refractivity contribution in [3.8, 4) is 11.8 Å². The minimum absolute atomic E-state index is 0.0795. The maximum atomic E-state index is 12.8. The predicted molar refractivity (Wildman–Crippen MR) is 148 cm³/mol. The zero-order valence-corrected chi connectivity index (χ0v) is 22.6. The topological polar surface area (TPSA) is 50.1 Å². The van der Waals surface area contributed by atoms with Crippen LogP contribution in [0.2, 0.25) is 0 Å². The molecule has 1 fully saturated rings. The summed E-state index contributed by atoms with van der Waals surface area (Å²) in [6.07, 6.45) is 17.5. The molecule has 3 rings (SSSR count). The molecule has 0 saturated heterocycles. The number of ether oxygens (including phenoxy) is 1. The Morgan fingerprint density at radius 1 is 0.806 bits per heavy atom. The van der Waals surface area contributed by atoms with Crippen molar-refractivity contribution in [3.05, 3.63) is 64.7 Å². The molecular weight excluding hydrogens is 442 g/mol. The van der Waals surface area contributed by atoms with Gasteiger partial charge >= 0.3 is 5.97 Å². The number of esters is 1. The second-order valence-electron chi connectivity index (χ2n) is 10.6. The molecule has 3 heteroatoms. The Hall–Kier alpha value is -2.60. The second kappa shape index (κ2) is 15.5. The zero-order chi connectivity index (χ0) is 25.6. The summed E-state index contributed by atoms with van der Waals surface area (Å²) in [6.45, 7) is 4.42. The third-order valence-corrected chi connectivity index (χ3v) is 7.77. The number of nitrogens with zero attached hydrogens (tertiary/aromatic N) is 1. The Labute approximate surface area is 219 Å². The molecule has 194 valence electrons. The van der Waals surface area contributed by atoms with Gasteiger partial charge in [-0.3, -0.25) is 4.79 Å². The average molecular weight is 488 g/mol. The van der Waals surface area contributed by atoms with E-state index in [1.54, 1.807) is 6.07 Å². The summed E-state index contributed by atoms with van der Waals surface area (Å²) >= 11 is 0. The number of hydrogen-bond acceptors (Lipinski definition) is 3. The quantitative estimate of drug-likeness (QED) is 0.152. The normalized spacial score (nSPS) is 17.5. The van der Waals surface area contributed by atoms with Crippen molar-refractivity contribution >= 4 is 5.97 Å². The van der Waals surface area contributed by atoms with Gasteiger partial charge in [-0.2, -0.15) is 5.26 Å². The van der Waals surface area contributed by atoms with Gasteiger partial charge in [-0.15, -0.1) is 0 Å². The van der Waals surface area contributed by atoms with E-state index in [-0.39, 0.29) is 11.9 Å². The standard InChI is InChI=1S/C33H45NO2/c1-3-5-7-8-9-10-11-13-26-14-17-28(18-15-26)29-19-21-30(22-20-29)33(35)36-32-23-16-27(12-6-4-2)24-31(32)25-34/h14-18,23-24,29-30H,3-13,19-22H2,1-2H3. The molecule has 2 aromatic carbocycles. The minimum Gasteiger partial charge on any atom is -0.425 e. The van der Waals surface area contributed by atoms with Gasteiger partial charge in [-0.1, -0.05) is 89.1 Å². The number of aryl methyl sites for hydroxylation is 2. The first-order valence-corrected chi connectivity index (χ1v) is 14.5. The van der Waals surface area contributed by atoms with Crippen molar-refractivity contribution < 1.29 is 9.53 Å². The van der Waals surface area contributed by atoms with Crippen molar-refractivity contribution in [1.82, 2.24) is 0 Å². The maximum Gasteiger partial charge on any atom is 0.314 e. The van der Waals surface area contributed by atoms with E-state index in [0.29, 0.717) is 17.2 Å². The summed E-state index contributed by atoms with van der Waals surface area (Å²) in [5.74, 6) is 0.663. The van der Waals surface area contributed by atoms with Gasteiger partial charge in [0.25, 0.3) is 0 Å². The van der Waals surface area contributed by atoms with Gasteiger partial charge < -0.3 is 4.74 Å². The minimum atomic E-state index is -0.184. The van der Waals surface area contributed by atoms with Gasteiger partial charge in [-0.05, 0) is 86.1 Å². The molecule has 36 heavy (non-hydrogen) atoms. The lowest BCUT2D eigenvalue weighted by Gasteiger charge is -2.27. The first kappa shape index (κ1) is 28.0. The molecule has 1 saturated carbocycles. The highest BCUT2D eigenvalue weighted by Gasteiger charge is 2.29. The Balaban J connectivity index is 1.42. The summed E-state index contributed by atoms with van der Waals surface area (Å²) in [5.41, 5.74) is 4.43. The molecular formula is C33H45NO2. The molecule has 0 heterocycles. The molecule has 0 atom stereocenters. The number of carbonyl (C=O) groups is 1. The number of unbranched alkanes of at least 4 members (excludes halogenated alkanes) is 7. The molecule has 0 aromatic heterocycles. The SMILES string of the molecule is CCCCCCCCCc1ccc(C2CCC(C(=O)Oc3ccc(CCCC)cc3C#N)CC2)cc1. The van der Waals surface area contributed by atoms with Crippen LogP contribution in [0.25, 0.3) is 0 Å². The lowest BCUT2D eigenvalue weighted by molar-refractivity contribution is -0.140. The molecule has 1 aliphatic rings. The van der Waals surface area contributed by atoms with Crippen LogP contribution in [0.3, 0.4) is 0 Å². The monoisotopic (exact) mass is 487 g/mol. The molecule has 0 bridgehead atoms. The van der Waals surface area contributed by atoms with Gasteiger partial charge in [-0.25, -0.2) is 0 Å². The van der Waals surface area contributed by atoms with Crippen molar-refractivity contribution in [2.75, 3.05) is 0 Å². The number of rotatable bonds is 14. The Morgan fingerprint density at radius 3 is 2.08 bits per heavy atom. The first-order chi connectivity index (χ1) is 17.6. The third kappa shape index (κ3) is 8.81. The van der Waals surface area contributed by atoms with Crippen molar-refractivity contribution in [3.63, 3.8) is 0 Å². The van der Waals surface area contributed by atoms with Crippen LogP contribution in [0.15, 0.2) is 42.5 Å². The van der Waals surface area contributed by atoms with Crippen LogP contribution in [0.1, 0.15) is 125 Å². The number of benzene rings is 2. The van der Waals surface area contributed by atoms with Gasteiger partial charge in [0.05, 0.1) is 11.5 Å². The first-order valence-electron chi connectivity index (χ1n) is 14.5. The average Bonchev–Trinajstić information content (AvgIpc) is 2.92. The fourth-order valence-corrected chi connectivity index (χ4v) is 5.39. The second-order valence-corrected chi connectivity index (χ2v) is 10.6. The Kier molecular flexibility index (Phi) is 12.0. The summed E-state index contributed by atoms with van der Waals surface area (Å²) < 4.78 is 5.70. The molecule has 0 aliphatic heterocycles. The highest BCUT2D eigenvalue weighted by molar-refractivity contribution is 5.76.